The van der Waals surface area contributed by atoms with E-state index in [0.717, 1.165) is 19.0 Å². The molecule has 1 aromatic carbocycles. The van der Waals surface area contributed by atoms with Crippen LogP contribution in [-0.4, -0.2) is 34.5 Å². The molecule has 1 aliphatic carbocycles. The quantitative estimate of drug-likeness (QED) is 0.684. The maximum atomic E-state index is 11.1. The first-order chi connectivity index (χ1) is 9.54. The molecule has 1 saturated carbocycles. The first-order valence-corrected chi connectivity index (χ1v) is 7.38. The summed E-state index contributed by atoms with van der Waals surface area (Å²) in [6, 6.07) is 6.34. The van der Waals surface area contributed by atoms with Crippen LogP contribution in [0.2, 0.25) is 5.02 Å². The fraction of sp³-hybridized carbons (Fsp3) is 0.571. The molecule has 20 heavy (non-hydrogen) atoms. The Bertz CT molecular complexity index is 533. The van der Waals surface area contributed by atoms with E-state index in [4.69, 9.17) is 11.6 Å². The maximum absolute atomic E-state index is 11.1. The third kappa shape index (κ3) is 2.74. The molecule has 2 atom stereocenters. The summed E-state index contributed by atoms with van der Waals surface area (Å²) in [4.78, 5) is 13.2. The van der Waals surface area contributed by atoms with Gasteiger partial charge in [0.1, 0.15) is 5.69 Å². The standard InChI is InChI=1S/C14H18ClN3O2/c1-9-6-11(8-17(9)12-3-4-12)16-13-5-2-10(15)7-14(13)18(19)20/h2,5,7,9,11-12,16H,3-4,6,8H2,1H3. The highest BCUT2D eigenvalue weighted by Crippen LogP contribution is 2.35. The number of benzene rings is 1. The Kier molecular flexibility index (Phi) is 3.56. The minimum Gasteiger partial charge on any atom is -0.375 e. The highest BCUT2D eigenvalue weighted by Gasteiger charge is 2.39. The third-order valence-electron chi connectivity index (χ3n) is 4.15. The van der Waals surface area contributed by atoms with Gasteiger partial charge in [-0.2, -0.15) is 0 Å². The van der Waals surface area contributed by atoms with Crippen LogP contribution < -0.4 is 5.32 Å². The molecular weight excluding hydrogens is 278 g/mol. The van der Waals surface area contributed by atoms with E-state index in [2.05, 4.69) is 17.1 Å². The molecule has 0 aromatic heterocycles. The van der Waals surface area contributed by atoms with Crippen molar-refractivity contribution in [3.63, 3.8) is 0 Å². The van der Waals surface area contributed by atoms with Crippen LogP contribution in [-0.2, 0) is 0 Å². The lowest BCUT2D eigenvalue weighted by Crippen LogP contribution is -2.31. The zero-order valence-corrected chi connectivity index (χ0v) is 12.1. The number of nitro groups is 1. The minimum absolute atomic E-state index is 0.0509. The molecule has 0 bridgehead atoms. The van der Waals surface area contributed by atoms with Crippen LogP contribution in [0.4, 0.5) is 11.4 Å². The Labute approximate surface area is 123 Å². The lowest BCUT2D eigenvalue weighted by Gasteiger charge is -2.19. The van der Waals surface area contributed by atoms with Crippen LogP contribution in [0, 0.1) is 10.1 Å². The average Bonchev–Trinajstić information content (AvgIpc) is 3.16. The number of halogens is 1. The Morgan fingerprint density at radius 2 is 2.20 bits per heavy atom. The van der Waals surface area contributed by atoms with Gasteiger partial charge in [0.05, 0.1) is 4.92 Å². The molecule has 0 amide bonds. The summed E-state index contributed by atoms with van der Waals surface area (Å²) in [6.07, 6.45) is 3.60. The Morgan fingerprint density at radius 1 is 1.45 bits per heavy atom. The van der Waals surface area contributed by atoms with Crippen LogP contribution in [0.25, 0.3) is 0 Å². The highest BCUT2D eigenvalue weighted by molar-refractivity contribution is 6.30. The summed E-state index contributed by atoms with van der Waals surface area (Å²) in [7, 11) is 0. The summed E-state index contributed by atoms with van der Waals surface area (Å²) in [5.74, 6) is 0. The number of nitro benzene ring substituents is 1. The maximum Gasteiger partial charge on any atom is 0.293 e. The number of nitrogens with zero attached hydrogens (tertiary/aromatic N) is 2. The van der Waals surface area contributed by atoms with Crippen LogP contribution in [0.3, 0.4) is 0 Å². The van der Waals surface area contributed by atoms with Crippen molar-refractivity contribution in [3.05, 3.63) is 33.3 Å². The SMILES string of the molecule is CC1CC(Nc2ccc(Cl)cc2[N+](=O)[O-])CN1C1CC1. The fourth-order valence-electron chi connectivity index (χ4n) is 3.07. The van der Waals surface area contributed by atoms with Gasteiger partial charge >= 0.3 is 0 Å². The summed E-state index contributed by atoms with van der Waals surface area (Å²) in [5, 5.41) is 14.8. The molecule has 0 spiro atoms. The van der Waals surface area contributed by atoms with Crippen LogP contribution >= 0.6 is 11.6 Å². The van der Waals surface area contributed by atoms with E-state index in [0.29, 0.717) is 16.8 Å². The molecule has 5 nitrogen and oxygen atoms in total. The molecule has 0 radical (unpaired) electrons. The number of hydrogen-bond acceptors (Lipinski definition) is 4. The van der Waals surface area contributed by atoms with Crippen LogP contribution in [0.5, 0.6) is 0 Å². The van der Waals surface area contributed by atoms with Crippen LogP contribution in [0.15, 0.2) is 18.2 Å². The summed E-state index contributed by atoms with van der Waals surface area (Å²) < 4.78 is 0. The smallest absolute Gasteiger partial charge is 0.293 e. The molecule has 1 saturated heterocycles. The van der Waals surface area contributed by atoms with Crippen molar-refractivity contribution in [2.24, 2.45) is 0 Å². The minimum atomic E-state index is -0.384. The van der Waals surface area contributed by atoms with Gasteiger partial charge in [-0.1, -0.05) is 11.6 Å². The molecular formula is C14H18ClN3O2. The van der Waals surface area contributed by atoms with Gasteiger partial charge < -0.3 is 5.32 Å². The van der Waals surface area contributed by atoms with Crippen molar-refractivity contribution in [3.8, 4) is 0 Å². The number of anilines is 1. The topological polar surface area (TPSA) is 58.4 Å². The van der Waals surface area contributed by atoms with Crippen molar-refractivity contribution in [1.82, 2.24) is 4.90 Å². The lowest BCUT2D eigenvalue weighted by atomic mass is 10.1. The van der Waals surface area contributed by atoms with Gasteiger partial charge in [0, 0.05) is 35.8 Å². The number of hydrogen-bond donors (Lipinski definition) is 1. The lowest BCUT2D eigenvalue weighted by molar-refractivity contribution is -0.384. The molecule has 3 rings (SSSR count). The van der Waals surface area contributed by atoms with E-state index in [1.807, 2.05) is 0 Å². The predicted octanol–water partition coefficient (Wildman–Crippen LogP) is 3.29. The van der Waals surface area contributed by atoms with Crippen molar-refractivity contribution in [1.29, 1.82) is 0 Å². The Morgan fingerprint density at radius 3 is 2.85 bits per heavy atom. The molecule has 1 N–H and O–H groups in total. The zero-order chi connectivity index (χ0) is 14.3. The fourth-order valence-corrected chi connectivity index (χ4v) is 3.24. The van der Waals surface area contributed by atoms with E-state index in [-0.39, 0.29) is 16.7 Å². The van der Waals surface area contributed by atoms with E-state index in [1.165, 1.54) is 18.9 Å². The summed E-state index contributed by atoms with van der Waals surface area (Å²) >= 11 is 5.83. The summed E-state index contributed by atoms with van der Waals surface area (Å²) in [5.41, 5.74) is 0.615. The van der Waals surface area contributed by atoms with E-state index >= 15 is 0 Å². The number of likely N-dealkylation sites (tertiary alicyclic amines) is 1. The van der Waals surface area contributed by atoms with Gasteiger partial charge in [0.2, 0.25) is 0 Å². The molecule has 6 heteroatoms. The molecule has 1 heterocycles. The normalized spacial score (nSPS) is 26.7. The van der Waals surface area contributed by atoms with E-state index in [9.17, 15) is 10.1 Å². The monoisotopic (exact) mass is 295 g/mol. The first kappa shape index (κ1) is 13.6. The van der Waals surface area contributed by atoms with Gasteiger partial charge in [-0.15, -0.1) is 0 Å². The molecule has 2 unspecified atom stereocenters. The second kappa shape index (κ2) is 5.22. The van der Waals surface area contributed by atoms with Gasteiger partial charge in [-0.25, -0.2) is 0 Å². The average molecular weight is 296 g/mol. The first-order valence-electron chi connectivity index (χ1n) is 7.01. The van der Waals surface area contributed by atoms with Gasteiger partial charge in [-0.05, 0) is 38.3 Å². The van der Waals surface area contributed by atoms with Gasteiger partial charge in [-0.3, -0.25) is 15.0 Å². The van der Waals surface area contributed by atoms with E-state index in [1.54, 1.807) is 12.1 Å². The molecule has 108 valence electrons. The zero-order valence-electron chi connectivity index (χ0n) is 11.4. The summed E-state index contributed by atoms with van der Waals surface area (Å²) in [6.45, 7) is 3.20. The Hall–Kier alpha value is -1.33. The van der Waals surface area contributed by atoms with Crippen molar-refractivity contribution >= 4 is 23.0 Å². The van der Waals surface area contributed by atoms with Crippen molar-refractivity contribution < 1.29 is 4.92 Å². The predicted molar refractivity (Wildman–Crippen MR) is 79.3 cm³/mol. The highest BCUT2D eigenvalue weighted by atomic mass is 35.5. The number of nitrogens with one attached hydrogen (secondary N) is 1. The van der Waals surface area contributed by atoms with E-state index < -0.39 is 0 Å². The Balaban J connectivity index is 1.73. The third-order valence-corrected chi connectivity index (χ3v) is 4.39. The second-order valence-corrected chi connectivity index (χ2v) is 6.21. The molecule has 2 fully saturated rings. The molecule has 1 aliphatic heterocycles. The number of rotatable bonds is 4. The molecule has 1 aromatic rings. The second-order valence-electron chi connectivity index (χ2n) is 5.77. The molecule has 2 aliphatic rings. The van der Waals surface area contributed by atoms with Crippen molar-refractivity contribution in [2.45, 2.75) is 44.3 Å². The van der Waals surface area contributed by atoms with Crippen molar-refractivity contribution in [2.75, 3.05) is 11.9 Å². The largest absolute Gasteiger partial charge is 0.375 e. The van der Waals surface area contributed by atoms with Gasteiger partial charge in [0.25, 0.3) is 5.69 Å². The van der Waals surface area contributed by atoms with Crippen LogP contribution in [0.1, 0.15) is 26.2 Å². The van der Waals surface area contributed by atoms with Gasteiger partial charge in [0.15, 0.2) is 0 Å².